The Kier molecular flexibility index (Phi) is 6.22. The molecule has 0 radical (unpaired) electrons. The van der Waals surface area contributed by atoms with Crippen molar-refractivity contribution in [3.63, 3.8) is 0 Å². The second-order valence-electron chi connectivity index (χ2n) is 4.88. The number of methoxy groups -OCH3 is 1. The molecule has 0 aliphatic heterocycles. The number of sulfonamides is 1. The van der Waals surface area contributed by atoms with Gasteiger partial charge in [0.25, 0.3) is 0 Å². The van der Waals surface area contributed by atoms with Crippen LogP contribution in [0.5, 0.6) is 0 Å². The zero-order chi connectivity index (χ0) is 14.5. The van der Waals surface area contributed by atoms with E-state index in [9.17, 15) is 13.2 Å². The summed E-state index contributed by atoms with van der Waals surface area (Å²) in [7, 11) is -2.28. The Morgan fingerprint density at radius 1 is 1.47 bits per heavy atom. The number of rotatable bonds is 7. The van der Waals surface area contributed by atoms with Gasteiger partial charge in [0.05, 0.1) is 18.3 Å². The Bertz CT molecular complexity index is 395. The van der Waals surface area contributed by atoms with E-state index in [1.165, 1.54) is 7.11 Å². The van der Waals surface area contributed by atoms with E-state index in [0.29, 0.717) is 32.1 Å². The minimum atomic E-state index is -3.56. The van der Waals surface area contributed by atoms with Crippen molar-refractivity contribution in [2.24, 2.45) is 5.92 Å². The largest absolute Gasteiger partial charge is 0.469 e. The quantitative estimate of drug-likeness (QED) is 0.663. The van der Waals surface area contributed by atoms with Gasteiger partial charge in [-0.05, 0) is 25.7 Å². The van der Waals surface area contributed by atoms with Crippen molar-refractivity contribution in [1.82, 2.24) is 4.72 Å². The van der Waals surface area contributed by atoms with E-state index in [2.05, 4.69) is 9.46 Å². The minimum absolute atomic E-state index is 0.0634. The first-order valence-corrected chi connectivity index (χ1v) is 8.20. The van der Waals surface area contributed by atoms with Crippen molar-refractivity contribution in [2.45, 2.75) is 50.3 Å². The number of ether oxygens (including phenoxy) is 1. The highest BCUT2D eigenvalue weighted by Gasteiger charge is 2.42. The third-order valence-corrected chi connectivity index (χ3v) is 5.68. The summed E-state index contributed by atoms with van der Waals surface area (Å²) >= 11 is 0. The van der Waals surface area contributed by atoms with E-state index >= 15 is 0 Å². The first kappa shape index (κ1) is 16.4. The number of aliphatic hydroxyl groups is 1. The lowest BCUT2D eigenvalue weighted by Crippen LogP contribution is -2.44. The average molecular weight is 293 g/mol. The van der Waals surface area contributed by atoms with Crippen LogP contribution in [0.15, 0.2) is 0 Å². The summed E-state index contributed by atoms with van der Waals surface area (Å²) < 4.78 is 31.9. The van der Waals surface area contributed by atoms with Gasteiger partial charge in [0.15, 0.2) is 0 Å². The molecule has 3 atom stereocenters. The van der Waals surface area contributed by atoms with Crippen LogP contribution in [0.2, 0.25) is 0 Å². The number of carbonyl (C=O) groups is 1. The monoisotopic (exact) mass is 293 g/mol. The van der Waals surface area contributed by atoms with Crippen LogP contribution in [-0.2, 0) is 19.6 Å². The van der Waals surface area contributed by atoms with Crippen LogP contribution < -0.4 is 4.72 Å². The van der Waals surface area contributed by atoms with Gasteiger partial charge in [0.2, 0.25) is 10.0 Å². The molecular formula is C12H23NO5S. The van der Waals surface area contributed by atoms with Gasteiger partial charge >= 0.3 is 5.97 Å². The molecule has 1 aliphatic rings. The molecule has 0 saturated heterocycles. The normalized spacial score (nSPS) is 25.2. The molecular weight excluding hydrogens is 270 g/mol. The molecule has 19 heavy (non-hydrogen) atoms. The summed E-state index contributed by atoms with van der Waals surface area (Å²) in [4.78, 5) is 11.6. The predicted molar refractivity (Wildman–Crippen MR) is 71.0 cm³/mol. The molecule has 1 aliphatic carbocycles. The molecule has 0 aromatic heterocycles. The maximum Gasteiger partial charge on any atom is 0.310 e. The Labute approximate surface area is 114 Å². The summed E-state index contributed by atoms with van der Waals surface area (Å²) in [6.45, 7) is 1.79. The van der Waals surface area contributed by atoms with E-state index in [1.54, 1.807) is 0 Å². The van der Waals surface area contributed by atoms with Gasteiger partial charge in [-0.3, -0.25) is 4.79 Å². The van der Waals surface area contributed by atoms with Crippen molar-refractivity contribution in [2.75, 3.05) is 13.7 Å². The highest BCUT2D eigenvalue weighted by atomic mass is 32.2. The van der Waals surface area contributed by atoms with E-state index < -0.39 is 27.2 Å². The van der Waals surface area contributed by atoms with Crippen LogP contribution in [0.1, 0.15) is 39.0 Å². The molecule has 0 bridgehead atoms. The standard InChI is InChI=1S/C12H23NO5S/c1-3-9(7-8-14)13-19(16,17)11-6-4-5-10(11)12(15)18-2/h9-11,13-14H,3-8H2,1-2H3. The molecule has 3 unspecified atom stereocenters. The third-order valence-electron chi connectivity index (χ3n) is 3.66. The fraction of sp³-hybridized carbons (Fsp3) is 0.917. The number of aliphatic hydroxyl groups excluding tert-OH is 1. The summed E-state index contributed by atoms with van der Waals surface area (Å²) in [6.07, 6.45) is 2.72. The fourth-order valence-electron chi connectivity index (χ4n) is 2.54. The molecule has 0 amide bonds. The molecule has 0 heterocycles. The lowest BCUT2D eigenvalue weighted by atomic mass is 10.1. The summed E-state index contributed by atoms with van der Waals surface area (Å²) in [5.41, 5.74) is 0. The van der Waals surface area contributed by atoms with Crippen LogP contribution >= 0.6 is 0 Å². The van der Waals surface area contributed by atoms with E-state index in [0.717, 1.165) is 0 Å². The second-order valence-corrected chi connectivity index (χ2v) is 6.81. The van der Waals surface area contributed by atoms with Gasteiger partial charge in [0, 0.05) is 12.6 Å². The first-order chi connectivity index (χ1) is 8.96. The lowest BCUT2D eigenvalue weighted by Gasteiger charge is -2.22. The maximum atomic E-state index is 12.3. The van der Waals surface area contributed by atoms with Gasteiger partial charge in [-0.1, -0.05) is 13.3 Å². The van der Waals surface area contributed by atoms with Crippen LogP contribution in [0.4, 0.5) is 0 Å². The van der Waals surface area contributed by atoms with Gasteiger partial charge in [-0.15, -0.1) is 0 Å². The van der Waals surface area contributed by atoms with Gasteiger partial charge in [-0.2, -0.15) is 0 Å². The predicted octanol–water partition coefficient (Wildman–Crippen LogP) is 0.408. The molecule has 0 aromatic carbocycles. The van der Waals surface area contributed by atoms with E-state index in [-0.39, 0.29) is 12.6 Å². The minimum Gasteiger partial charge on any atom is -0.469 e. The van der Waals surface area contributed by atoms with E-state index in [1.807, 2.05) is 6.92 Å². The summed E-state index contributed by atoms with van der Waals surface area (Å²) in [6, 6.07) is -0.283. The zero-order valence-electron chi connectivity index (χ0n) is 11.5. The summed E-state index contributed by atoms with van der Waals surface area (Å²) in [5, 5.41) is 8.18. The second kappa shape index (κ2) is 7.21. The van der Waals surface area contributed by atoms with Gasteiger partial charge in [-0.25, -0.2) is 13.1 Å². The number of esters is 1. The van der Waals surface area contributed by atoms with Crippen molar-refractivity contribution < 1.29 is 23.1 Å². The Balaban J connectivity index is 2.78. The first-order valence-electron chi connectivity index (χ1n) is 6.66. The third kappa shape index (κ3) is 4.15. The highest BCUT2D eigenvalue weighted by molar-refractivity contribution is 7.90. The highest BCUT2D eigenvalue weighted by Crippen LogP contribution is 2.32. The molecule has 7 heteroatoms. The topological polar surface area (TPSA) is 92.7 Å². The number of nitrogens with one attached hydrogen (secondary N) is 1. The molecule has 1 saturated carbocycles. The van der Waals surface area contributed by atoms with Crippen molar-refractivity contribution in [3.05, 3.63) is 0 Å². The SMILES string of the molecule is CCC(CCO)NS(=O)(=O)C1CCCC1C(=O)OC. The molecule has 2 N–H and O–H groups in total. The maximum absolute atomic E-state index is 12.3. The van der Waals surface area contributed by atoms with Crippen LogP contribution in [0.3, 0.4) is 0 Å². The Morgan fingerprint density at radius 2 is 2.16 bits per heavy atom. The number of hydrogen-bond donors (Lipinski definition) is 2. The zero-order valence-corrected chi connectivity index (χ0v) is 12.3. The fourth-order valence-corrected chi connectivity index (χ4v) is 4.62. The van der Waals surface area contributed by atoms with Crippen molar-refractivity contribution >= 4 is 16.0 Å². The Hall–Kier alpha value is -0.660. The van der Waals surface area contributed by atoms with Crippen molar-refractivity contribution in [1.29, 1.82) is 0 Å². The van der Waals surface area contributed by atoms with Crippen molar-refractivity contribution in [3.8, 4) is 0 Å². The smallest absolute Gasteiger partial charge is 0.310 e. The van der Waals surface area contributed by atoms with E-state index in [4.69, 9.17) is 5.11 Å². The molecule has 0 spiro atoms. The number of carbonyl (C=O) groups excluding carboxylic acids is 1. The lowest BCUT2D eigenvalue weighted by molar-refractivity contribution is -0.145. The summed E-state index contributed by atoms with van der Waals surface area (Å²) in [5.74, 6) is -1.03. The molecule has 1 fully saturated rings. The number of hydrogen-bond acceptors (Lipinski definition) is 5. The molecule has 112 valence electrons. The van der Waals surface area contributed by atoms with Crippen LogP contribution in [0.25, 0.3) is 0 Å². The van der Waals surface area contributed by atoms with Crippen LogP contribution in [-0.4, -0.2) is 44.5 Å². The van der Waals surface area contributed by atoms with Crippen LogP contribution in [0, 0.1) is 5.92 Å². The van der Waals surface area contributed by atoms with Gasteiger partial charge < -0.3 is 9.84 Å². The Morgan fingerprint density at radius 3 is 2.68 bits per heavy atom. The average Bonchev–Trinajstić information content (AvgIpc) is 2.87. The molecule has 1 rings (SSSR count). The molecule has 0 aromatic rings. The van der Waals surface area contributed by atoms with Gasteiger partial charge in [0.1, 0.15) is 0 Å². The molecule has 6 nitrogen and oxygen atoms in total.